The van der Waals surface area contributed by atoms with Crippen molar-refractivity contribution in [2.45, 2.75) is 39.5 Å². The third-order valence-electron chi connectivity index (χ3n) is 4.71. The van der Waals surface area contributed by atoms with Gasteiger partial charge >= 0.3 is 0 Å². The summed E-state index contributed by atoms with van der Waals surface area (Å²) in [5.74, 6) is 0.464. The van der Waals surface area contributed by atoms with Crippen LogP contribution in [0.4, 0.5) is 0 Å². The Labute approximate surface area is 120 Å². The number of hydrogen-bond donors (Lipinski definition) is 0. The van der Waals surface area contributed by atoms with E-state index in [9.17, 15) is 4.79 Å². The van der Waals surface area contributed by atoms with Crippen LogP contribution in [0.15, 0.2) is 36.5 Å². The summed E-state index contributed by atoms with van der Waals surface area (Å²) in [7, 11) is 0. The highest BCUT2D eigenvalue weighted by Gasteiger charge is 2.37. The summed E-state index contributed by atoms with van der Waals surface area (Å²) in [6, 6.07) is 9.82. The van der Waals surface area contributed by atoms with Crippen LogP contribution in [0.1, 0.15) is 49.9 Å². The van der Waals surface area contributed by atoms with Crippen LogP contribution in [-0.4, -0.2) is 10.8 Å². The summed E-state index contributed by atoms with van der Waals surface area (Å²) < 4.78 is 0. The Morgan fingerprint density at radius 3 is 2.90 bits per heavy atom. The molecular weight excluding hydrogens is 246 g/mol. The van der Waals surface area contributed by atoms with Crippen molar-refractivity contribution in [3.63, 3.8) is 0 Å². The molecule has 0 radical (unpaired) electrons. The second kappa shape index (κ2) is 5.01. The third-order valence-corrected chi connectivity index (χ3v) is 4.71. The fraction of sp³-hybridized carbons (Fsp3) is 0.444. The summed E-state index contributed by atoms with van der Waals surface area (Å²) in [5.41, 5.74) is 1.91. The number of benzene rings is 1. The summed E-state index contributed by atoms with van der Waals surface area (Å²) in [6.07, 6.45) is 6.39. The van der Waals surface area contributed by atoms with Crippen molar-refractivity contribution < 1.29 is 4.79 Å². The fourth-order valence-corrected chi connectivity index (χ4v) is 3.41. The first kappa shape index (κ1) is 13.3. The number of hydrogen-bond acceptors (Lipinski definition) is 2. The van der Waals surface area contributed by atoms with E-state index in [0.29, 0.717) is 5.78 Å². The van der Waals surface area contributed by atoms with Crippen LogP contribution >= 0.6 is 0 Å². The lowest BCUT2D eigenvalue weighted by atomic mass is 9.66. The summed E-state index contributed by atoms with van der Waals surface area (Å²) in [4.78, 5) is 17.2. The minimum Gasteiger partial charge on any atom is -0.294 e. The van der Waals surface area contributed by atoms with Gasteiger partial charge in [-0.1, -0.05) is 32.8 Å². The van der Waals surface area contributed by atoms with Gasteiger partial charge in [-0.25, -0.2) is 0 Å². The molecule has 1 atom stereocenters. The van der Waals surface area contributed by atoms with Crippen LogP contribution in [0.5, 0.6) is 0 Å². The quantitative estimate of drug-likeness (QED) is 0.742. The van der Waals surface area contributed by atoms with E-state index in [1.54, 1.807) is 6.20 Å². The highest BCUT2D eigenvalue weighted by Crippen LogP contribution is 2.42. The molecule has 2 aromatic rings. The molecule has 1 heterocycles. The van der Waals surface area contributed by atoms with Gasteiger partial charge in [0.05, 0.1) is 5.52 Å². The van der Waals surface area contributed by atoms with Gasteiger partial charge in [-0.15, -0.1) is 0 Å². The third kappa shape index (κ3) is 2.35. The average molecular weight is 267 g/mol. The highest BCUT2D eigenvalue weighted by atomic mass is 16.1. The van der Waals surface area contributed by atoms with Gasteiger partial charge in [-0.05, 0) is 42.5 Å². The molecule has 0 spiro atoms. The number of rotatable bonds is 2. The van der Waals surface area contributed by atoms with E-state index in [1.807, 2.05) is 30.3 Å². The lowest BCUT2D eigenvalue weighted by Crippen LogP contribution is -2.34. The van der Waals surface area contributed by atoms with Crippen LogP contribution in [0.25, 0.3) is 10.9 Å². The Balaban J connectivity index is 1.95. The molecule has 1 unspecified atom stereocenters. The molecule has 104 valence electrons. The zero-order chi connectivity index (χ0) is 14.2. The number of carbonyl (C=O) groups excluding carboxylic acids is 1. The number of aromatic nitrogens is 1. The van der Waals surface area contributed by atoms with Gasteiger partial charge in [0.1, 0.15) is 0 Å². The van der Waals surface area contributed by atoms with Crippen LogP contribution in [0.3, 0.4) is 0 Å². The van der Waals surface area contributed by atoms with E-state index in [4.69, 9.17) is 0 Å². The predicted molar refractivity (Wildman–Crippen MR) is 81.8 cm³/mol. The largest absolute Gasteiger partial charge is 0.294 e. The normalized spacial score (nSPS) is 21.8. The van der Waals surface area contributed by atoms with Crippen LogP contribution in [-0.2, 0) is 0 Å². The molecule has 2 nitrogen and oxygen atoms in total. The van der Waals surface area contributed by atoms with E-state index in [-0.39, 0.29) is 11.3 Å². The smallest absolute Gasteiger partial charge is 0.166 e. The monoisotopic (exact) mass is 267 g/mol. The van der Waals surface area contributed by atoms with Gasteiger partial charge in [-0.3, -0.25) is 9.78 Å². The van der Waals surface area contributed by atoms with Crippen LogP contribution in [0, 0.1) is 11.3 Å². The Morgan fingerprint density at radius 2 is 2.10 bits per heavy atom. The summed E-state index contributed by atoms with van der Waals surface area (Å²) in [5, 5.41) is 1.05. The fourth-order valence-electron chi connectivity index (χ4n) is 3.41. The molecule has 1 aliphatic rings. The van der Waals surface area contributed by atoms with Crippen molar-refractivity contribution in [1.29, 1.82) is 0 Å². The zero-order valence-corrected chi connectivity index (χ0v) is 12.2. The maximum atomic E-state index is 12.8. The number of nitrogens with zero attached hydrogens (tertiary/aromatic N) is 1. The zero-order valence-electron chi connectivity index (χ0n) is 12.2. The van der Waals surface area contributed by atoms with Gasteiger partial charge < -0.3 is 0 Å². The van der Waals surface area contributed by atoms with Crippen LogP contribution < -0.4 is 0 Å². The molecule has 0 bridgehead atoms. The Hall–Kier alpha value is -1.70. The minimum atomic E-state index is 0.124. The lowest BCUT2D eigenvalue weighted by molar-refractivity contribution is 0.0697. The maximum absolute atomic E-state index is 12.8. The predicted octanol–water partition coefficient (Wildman–Crippen LogP) is 4.63. The Bertz CT molecular complexity index is 645. The molecule has 1 aliphatic carbocycles. The topological polar surface area (TPSA) is 30.0 Å². The molecule has 20 heavy (non-hydrogen) atoms. The van der Waals surface area contributed by atoms with E-state index < -0.39 is 0 Å². The van der Waals surface area contributed by atoms with Gasteiger partial charge in [0.2, 0.25) is 0 Å². The average Bonchev–Trinajstić information content (AvgIpc) is 2.45. The summed E-state index contributed by atoms with van der Waals surface area (Å²) >= 11 is 0. The van der Waals surface area contributed by atoms with E-state index in [2.05, 4.69) is 18.8 Å². The molecule has 3 rings (SSSR count). The first-order valence-corrected chi connectivity index (χ1v) is 7.47. The number of carbonyl (C=O) groups is 1. The number of Topliss-reactive ketones (excluding diaryl/α,β-unsaturated/α-hetero) is 1. The SMILES string of the molecule is CC1(C)CCCCC1C(=O)c1ccc2ncccc2c1. The molecule has 0 saturated heterocycles. The Morgan fingerprint density at radius 1 is 1.25 bits per heavy atom. The Kier molecular flexibility index (Phi) is 3.33. The molecule has 0 N–H and O–H groups in total. The molecule has 1 saturated carbocycles. The summed E-state index contributed by atoms with van der Waals surface area (Å²) in [6.45, 7) is 4.47. The minimum absolute atomic E-state index is 0.124. The number of fused-ring (bicyclic) bond motifs is 1. The van der Waals surface area contributed by atoms with Crippen molar-refractivity contribution in [3.8, 4) is 0 Å². The highest BCUT2D eigenvalue weighted by molar-refractivity contribution is 6.01. The van der Waals surface area contributed by atoms with Crippen molar-refractivity contribution in [3.05, 3.63) is 42.1 Å². The molecule has 2 heteroatoms. The maximum Gasteiger partial charge on any atom is 0.166 e. The molecule has 0 amide bonds. The van der Waals surface area contributed by atoms with Crippen LogP contribution in [0.2, 0.25) is 0 Å². The van der Waals surface area contributed by atoms with Gasteiger partial charge in [-0.2, -0.15) is 0 Å². The van der Waals surface area contributed by atoms with Gasteiger partial charge in [0.15, 0.2) is 5.78 Å². The van der Waals surface area contributed by atoms with E-state index >= 15 is 0 Å². The lowest BCUT2D eigenvalue weighted by Gasteiger charge is -2.37. The first-order chi connectivity index (χ1) is 9.58. The first-order valence-electron chi connectivity index (χ1n) is 7.47. The van der Waals surface area contributed by atoms with Gasteiger partial charge in [0, 0.05) is 23.1 Å². The molecule has 1 aromatic carbocycles. The standard InChI is InChI=1S/C18H21NO/c1-18(2)10-4-3-7-15(18)17(20)14-8-9-16-13(12-14)6-5-11-19-16/h5-6,8-9,11-12,15H,3-4,7,10H2,1-2H3. The van der Waals surface area contributed by atoms with Crippen molar-refractivity contribution in [2.24, 2.45) is 11.3 Å². The molecule has 1 aromatic heterocycles. The number of ketones is 1. The molecular formula is C18H21NO. The molecule has 0 aliphatic heterocycles. The second-order valence-corrected chi connectivity index (χ2v) is 6.56. The van der Waals surface area contributed by atoms with E-state index in [0.717, 1.165) is 29.3 Å². The van der Waals surface area contributed by atoms with E-state index in [1.165, 1.54) is 12.8 Å². The van der Waals surface area contributed by atoms with Crippen molar-refractivity contribution >= 4 is 16.7 Å². The second-order valence-electron chi connectivity index (χ2n) is 6.56. The molecule has 1 fully saturated rings. The van der Waals surface area contributed by atoms with Gasteiger partial charge in [0.25, 0.3) is 0 Å². The van der Waals surface area contributed by atoms with Crippen molar-refractivity contribution in [1.82, 2.24) is 4.98 Å². The van der Waals surface area contributed by atoms with Crippen molar-refractivity contribution in [2.75, 3.05) is 0 Å². The number of pyridine rings is 1.